The fourth-order valence-corrected chi connectivity index (χ4v) is 5.77. The third kappa shape index (κ3) is 4.13. The molecule has 1 N–H and O–H groups in total. The van der Waals surface area contributed by atoms with Crippen LogP contribution in [0.3, 0.4) is 0 Å². The average molecular weight is 541 g/mol. The van der Waals surface area contributed by atoms with Crippen molar-refractivity contribution in [3.63, 3.8) is 0 Å². The van der Waals surface area contributed by atoms with E-state index >= 15 is 0 Å². The van der Waals surface area contributed by atoms with Gasteiger partial charge < -0.3 is 24.1 Å². The number of ether oxygens (including phenoxy) is 1. The van der Waals surface area contributed by atoms with Gasteiger partial charge in [-0.3, -0.25) is 4.79 Å². The Bertz CT molecular complexity index is 1720. The van der Waals surface area contributed by atoms with Gasteiger partial charge in [-0.25, -0.2) is 9.97 Å². The molecule has 8 nitrogen and oxygen atoms in total. The molecule has 4 heterocycles. The van der Waals surface area contributed by atoms with Gasteiger partial charge in [-0.15, -0.1) is 0 Å². The van der Waals surface area contributed by atoms with Crippen LogP contribution in [0.25, 0.3) is 22.2 Å². The molecule has 4 aromatic rings. The van der Waals surface area contributed by atoms with Gasteiger partial charge in [-0.1, -0.05) is 12.1 Å². The fourth-order valence-electron chi connectivity index (χ4n) is 5.23. The number of halogens is 2. The lowest BCUT2D eigenvalue weighted by molar-refractivity contribution is -0.0507. The summed E-state index contributed by atoms with van der Waals surface area (Å²) in [4.78, 5) is 23.5. The molecular formula is C27H26F2N5O3P. The monoisotopic (exact) mass is 540 g/mol. The Morgan fingerprint density at radius 2 is 2.00 bits per heavy atom. The smallest absolute Gasteiger partial charge is 0.387 e. The highest BCUT2D eigenvalue weighted by molar-refractivity contribution is 7.62. The second-order valence-electron chi connectivity index (χ2n) is 9.92. The summed E-state index contributed by atoms with van der Waals surface area (Å²) in [5, 5.41) is 3.07. The van der Waals surface area contributed by atoms with Gasteiger partial charge >= 0.3 is 6.61 Å². The number of carbonyl (C=O) groups excluding carboxylic acids is 1. The quantitative estimate of drug-likeness (QED) is 0.311. The Morgan fingerprint density at radius 1 is 1.18 bits per heavy atom. The van der Waals surface area contributed by atoms with E-state index < -0.39 is 38.7 Å². The number of benzene rings is 2. The molecule has 0 spiro atoms. The summed E-state index contributed by atoms with van der Waals surface area (Å²) in [6.45, 7) is -2.54. The topological polar surface area (TPSA) is 89.3 Å². The Morgan fingerprint density at radius 3 is 2.71 bits per heavy atom. The first-order chi connectivity index (χ1) is 19.3. The second kappa shape index (κ2) is 8.91. The molecule has 2 aliphatic heterocycles. The van der Waals surface area contributed by atoms with Crippen molar-refractivity contribution >= 4 is 29.9 Å². The maximum Gasteiger partial charge on any atom is 0.387 e. The fraction of sp³-hybridized carbons (Fsp3) is 0.296. The minimum atomic E-state index is -3.13. The maximum atomic E-state index is 13.6. The number of hydrogen-bond acceptors (Lipinski definition) is 6. The van der Waals surface area contributed by atoms with Crippen LogP contribution in [-0.4, -0.2) is 58.5 Å². The summed E-state index contributed by atoms with van der Waals surface area (Å²) in [6.07, 6.45) is 2.15. The number of anilines is 1. The van der Waals surface area contributed by atoms with Crippen molar-refractivity contribution in [3.8, 4) is 16.9 Å². The number of pyridine rings is 1. The number of amides is 1. The van der Waals surface area contributed by atoms with Crippen molar-refractivity contribution in [1.29, 1.82) is 0 Å². The summed E-state index contributed by atoms with van der Waals surface area (Å²) < 4.78 is 69.9. The van der Waals surface area contributed by atoms with Crippen LogP contribution in [0.2, 0.25) is 0 Å². The first kappa shape index (κ1) is 21.2. The lowest BCUT2D eigenvalue weighted by atomic mass is 9.97. The van der Waals surface area contributed by atoms with E-state index in [1.807, 2.05) is 22.8 Å². The minimum Gasteiger partial charge on any atom is -0.434 e. The van der Waals surface area contributed by atoms with E-state index in [1.54, 1.807) is 31.7 Å². The highest BCUT2D eigenvalue weighted by Crippen LogP contribution is 2.50. The number of imidazole rings is 1. The van der Waals surface area contributed by atoms with Gasteiger partial charge in [0.15, 0.2) is 0 Å². The van der Waals surface area contributed by atoms with Crippen LogP contribution in [0.1, 0.15) is 44.4 Å². The zero-order valence-corrected chi connectivity index (χ0v) is 21.5. The molecule has 2 aliphatic rings. The van der Waals surface area contributed by atoms with E-state index in [1.165, 1.54) is 18.2 Å². The molecule has 2 bridgehead atoms. The van der Waals surface area contributed by atoms with Crippen LogP contribution >= 0.6 is 7.14 Å². The molecule has 0 saturated carbocycles. The van der Waals surface area contributed by atoms with E-state index in [0.29, 0.717) is 29.0 Å². The third-order valence-electron chi connectivity index (χ3n) is 6.89. The van der Waals surface area contributed by atoms with Gasteiger partial charge in [-0.05, 0) is 55.3 Å². The number of aromatic nitrogens is 3. The lowest BCUT2D eigenvalue weighted by Crippen LogP contribution is -2.30. The number of rotatable bonds is 6. The van der Waals surface area contributed by atoms with Crippen molar-refractivity contribution in [2.24, 2.45) is 0 Å². The zero-order chi connectivity index (χ0) is 29.3. The van der Waals surface area contributed by atoms with Crippen molar-refractivity contribution in [2.75, 3.05) is 31.9 Å². The molecule has 0 fully saturated rings. The van der Waals surface area contributed by atoms with E-state index in [2.05, 4.69) is 10.3 Å². The van der Waals surface area contributed by atoms with Crippen LogP contribution in [0.5, 0.6) is 5.75 Å². The van der Waals surface area contributed by atoms with Crippen LogP contribution in [0.15, 0.2) is 54.7 Å². The molecule has 0 unspecified atom stereocenters. The number of carbonyl (C=O) groups is 1. The molecule has 38 heavy (non-hydrogen) atoms. The Labute approximate surface area is 222 Å². The van der Waals surface area contributed by atoms with Crippen molar-refractivity contribution in [1.82, 2.24) is 19.4 Å². The number of alkyl halides is 2. The molecule has 2 atom stereocenters. The molecule has 2 aromatic heterocycles. The van der Waals surface area contributed by atoms with Crippen LogP contribution < -0.4 is 10.1 Å². The van der Waals surface area contributed by atoms with Crippen molar-refractivity contribution < 1.29 is 27.0 Å². The first-order valence-corrected chi connectivity index (χ1v) is 14.8. The summed E-state index contributed by atoms with van der Waals surface area (Å²) in [5.41, 5.74) is 3.04. The van der Waals surface area contributed by atoms with Gasteiger partial charge in [0.25, 0.3) is 5.91 Å². The largest absolute Gasteiger partial charge is 0.434 e. The van der Waals surface area contributed by atoms with Gasteiger partial charge in [-0.2, -0.15) is 8.78 Å². The maximum absolute atomic E-state index is 13.6. The standard InChI is InChI=1S/C27H26F2N5O3P/c1-33-21-12-20(24-17(26(33)35)5-4-6-22(24)37-27(28)29)34-19-11-15(7-9-18(19)32-25(21)34)16-8-10-23(30-13-16)31-14-38(2,3)36/h4-11,13,20-21,27H,12,14H2,1-3H3,(H,30,31)/t20-,21-/m1/s1/i1D3. The minimum absolute atomic E-state index is 0.00595. The summed E-state index contributed by atoms with van der Waals surface area (Å²) >= 11 is 0. The van der Waals surface area contributed by atoms with Gasteiger partial charge in [0.2, 0.25) is 0 Å². The molecule has 0 aliphatic carbocycles. The Kier molecular flexibility index (Phi) is 4.97. The van der Waals surface area contributed by atoms with Crippen LogP contribution in [0, 0.1) is 0 Å². The SMILES string of the molecule is [2H]C([2H])([2H])N1C(=O)c2cccc(OC(F)F)c2[C@H]2C[C@@H]1c1nc3ccc(-c4ccc(NCP(C)(C)=O)nc4)cc3n12. The van der Waals surface area contributed by atoms with Gasteiger partial charge in [0.1, 0.15) is 17.4 Å². The Hall–Kier alpha value is -3.78. The number of hydrogen-bond donors (Lipinski definition) is 1. The average Bonchev–Trinajstić information content (AvgIpc) is 3.39. The first-order valence-electron chi connectivity index (χ1n) is 13.5. The van der Waals surface area contributed by atoms with Gasteiger partial charge in [0.05, 0.1) is 36.5 Å². The number of nitrogens with one attached hydrogen (secondary N) is 1. The molecule has 196 valence electrons. The second-order valence-corrected chi connectivity index (χ2v) is 13.4. The number of nitrogens with zero attached hydrogens (tertiary/aromatic N) is 4. The summed E-state index contributed by atoms with van der Waals surface area (Å²) in [5.74, 6) is -0.00526. The molecule has 0 radical (unpaired) electrons. The summed E-state index contributed by atoms with van der Waals surface area (Å²) in [6, 6.07) is 11.8. The van der Waals surface area contributed by atoms with Crippen LogP contribution in [0.4, 0.5) is 14.6 Å². The molecule has 1 amide bonds. The molecule has 11 heteroatoms. The van der Waals surface area contributed by atoms with E-state index in [0.717, 1.165) is 16.0 Å². The lowest BCUT2D eigenvalue weighted by Gasteiger charge is -2.24. The molecule has 0 saturated heterocycles. The van der Waals surface area contributed by atoms with Crippen molar-refractivity contribution in [3.05, 3.63) is 71.7 Å². The van der Waals surface area contributed by atoms with E-state index in [9.17, 15) is 18.1 Å². The molecule has 6 rings (SSSR count). The van der Waals surface area contributed by atoms with Gasteiger partial charge in [0, 0.05) is 40.4 Å². The van der Waals surface area contributed by atoms with E-state index in [-0.39, 0.29) is 23.3 Å². The predicted molar refractivity (Wildman–Crippen MR) is 142 cm³/mol. The normalized spacial score (nSPS) is 20.0. The third-order valence-corrected chi connectivity index (χ3v) is 7.81. The van der Waals surface area contributed by atoms with Crippen molar-refractivity contribution in [2.45, 2.75) is 25.1 Å². The molecular weight excluding hydrogens is 511 g/mol. The highest BCUT2D eigenvalue weighted by atomic mass is 31.2. The predicted octanol–water partition coefficient (Wildman–Crippen LogP) is 5.81. The molecule has 2 aromatic carbocycles. The zero-order valence-electron chi connectivity index (χ0n) is 23.6. The Balaban J connectivity index is 1.48. The summed E-state index contributed by atoms with van der Waals surface area (Å²) in [7, 11) is -2.27. The van der Waals surface area contributed by atoms with E-state index in [4.69, 9.17) is 13.8 Å². The highest BCUT2D eigenvalue weighted by Gasteiger charge is 2.45. The number of fused-ring (bicyclic) bond motifs is 9. The van der Waals surface area contributed by atoms with Crippen LogP contribution in [-0.2, 0) is 4.57 Å².